The molecule has 0 amide bonds. The Balaban J connectivity index is 2.27. The van der Waals surface area contributed by atoms with Crippen LogP contribution in [0.1, 0.15) is 37.9 Å². The molecule has 1 aliphatic rings. The van der Waals surface area contributed by atoms with Crippen molar-refractivity contribution >= 4 is 6.08 Å². The lowest BCUT2D eigenvalue weighted by Gasteiger charge is -2.16. The molecule has 1 aromatic heterocycles. The van der Waals surface area contributed by atoms with E-state index in [-0.39, 0.29) is 5.56 Å². The Labute approximate surface area is 113 Å². The Bertz CT molecular complexity index is 609. The molecule has 1 aliphatic heterocycles. The van der Waals surface area contributed by atoms with Crippen LogP contribution in [-0.4, -0.2) is 9.55 Å². The Morgan fingerprint density at radius 1 is 1.53 bits per heavy atom. The van der Waals surface area contributed by atoms with Crippen LogP contribution in [-0.2, 0) is 13.1 Å². The maximum Gasteiger partial charge on any atom is 0.278 e. The summed E-state index contributed by atoms with van der Waals surface area (Å²) in [4.78, 5) is 16.2. The van der Waals surface area contributed by atoms with E-state index in [1.165, 1.54) is 5.57 Å². The average molecular weight is 259 g/mol. The summed E-state index contributed by atoms with van der Waals surface area (Å²) in [5.41, 5.74) is 3.75. The van der Waals surface area contributed by atoms with Gasteiger partial charge in [0.15, 0.2) is 0 Å². The zero-order valence-electron chi connectivity index (χ0n) is 12.1. The van der Waals surface area contributed by atoms with E-state index in [9.17, 15) is 4.79 Å². The van der Waals surface area contributed by atoms with Crippen molar-refractivity contribution in [1.82, 2.24) is 14.9 Å². The molecule has 0 saturated heterocycles. The zero-order chi connectivity index (χ0) is 14.2. The SMILES string of the molecule is C=C(NCc1c(C)n2c(nc1=O)C=C(C)C2)C(C)C. The second kappa shape index (κ2) is 5.03. The molecule has 4 heteroatoms. The van der Waals surface area contributed by atoms with Gasteiger partial charge in [0.2, 0.25) is 0 Å². The molecular weight excluding hydrogens is 238 g/mol. The Morgan fingerprint density at radius 2 is 2.21 bits per heavy atom. The number of aromatic nitrogens is 2. The van der Waals surface area contributed by atoms with Crippen LogP contribution >= 0.6 is 0 Å². The van der Waals surface area contributed by atoms with Crippen molar-refractivity contribution in [2.75, 3.05) is 0 Å². The van der Waals surface area contributed by atoms with E-state index < -0.39 is 0 Å². The third-order valence-electron chi connectivity index (χ3n) is 3.56. The Hall–Kier alpha value is -1.84. The predicted molar refractivity (Wildman–Crippen MR) is 77.7 cm³/mol. The van der Waals surface area contributed by atoms with Crippen molar-refractivity contribution in [2.24, 2.45) is 5.92 Å². The fourth-order valence-electron chi connectivity index (χ4n) is 2.16. The molecule has 0 unspecified atom stereocenters. The lowest BCUT2D eigenvalue weighted by molar-refractivity contribution is 0.638. The minimum absolute atomic E-state index is 0.140. The first kappa shape index (κ1) is 13.6. The maximum absolute atomic E-state index is 12.1. The van der Waals surface area contributed by atoms with E-state index in [1.54, 1.807) is 0 Å². The second-order valence-corrected chi connectivity index (χ2v) is 5.45. The summed E-state index contributed by atoms with van der Waals surface area (Å²) in [5, 5.41) is 3.22. The van der Waals surface area contributed by atoms with Gasteiger partial charge in [0.05, 0.1) is 5.56 Å². The molecule has 102 valence electrons. The quantitative estimate of drug-likeness (QED) is 0.902. The van der Waals surface area contributed by atoms with Crippen LogP contribution in [0.3, 0.4) is 0 Å². The second-order valence-electron chi connectivity index (χ2n) is 5.45. The van der Waals surface area contributed by atoms with Gasteiger partial charge in [-0.05, 0) is 31.4 Å². The highest BCUT2D eigenvalue weighted by molar-refractivity contribution is 5.50. The van der Waals surface area contributed by atoms with Crippen LogP contribution in [0.15, 0.2) is 22.6 Å². The molecule has 2 rings (SSSR count). The molecule has 0 spiro atoms. The van der Waals surface area contributed by atoms with Gasteiger partial charge in [0.1, 0.15) is 5.82 Å². The van der Waals surface area contributed by atoms with E-state index >= 15 is 0 Å². The van der Waals surface area contributed by atoms with Crippen LogP contribution in [0, 0.1) is 12.8 Å². The van der Waals surface area contributed by atoms with E-state index in [2.05, 4.69) is 42.2 Å². The van der Waals surface area contributed by atoms with Gasteiger partial charge in [-0.15, -0.1) is 0 Å². The third-order valence-corrected chi connectivity index (χ3v) is 3.56. The highest BCUT2D eigenvalue weighted by Gasteiger charge is 2.17. The number of fused-ring (bicyclic) bond motifs is 1. The van der Waals surface area contributed by atoms with E-state index in [0.717, 1.165) is 29.3 Å². The van der Waals surface area contributed by atoms with Gasteiger partial charge in [-0.3, -0.25) is 4.79 Å². The van der Waals surface area contributed by atoms with Crippen molar-refractivity contribution in [1.29, 1.82) is 0 Å². The van der Waals surface area contributed by atoms with Gasteiger partial charge in [0, 0.05) is 24.5 Å². The number of hydrogen-bond donors (Lipinski definition) is 1. The Kier molecular flexibility index (Phi) is 3.60. The first-order chi connectivity index (χ1) is 8.90. The smallest absolute Gasteiger partial charge is 0.278 e. The molecule has 0 radical (unpaired) electrons. The standard InChI is InChI=1S/C15H21N3O/c1-9(2)11(4)16-7-13-12(5)18-8-10(3)6-14(18)17-15(13)19/h6,9,16H,4,7-8H2,1-3,5H3. The number of allylic oxidation sites excluding steroid dienone is 2. The molecule has 4 nitrogen and oxygen atoms in total. The number of rotatable bonds is 4. The van der Waals surface area contributed by atoms with Gasteiger partial charge in [-0.25, -0.2) is 0 Å². The minimum Gasteiger partial charge on any atom is -0.384 e. The van der Waals surface area contributed by atoms with Crippen molar-refractivity contribution in [3.63, 3.8) is 0 Å². The summed E-state index contributed by atoms with van der Waals surface area (Å²) in [7, 11) is 0. The summed E-state index contributed by atoms with van der Waals surface area (Å²) in [5.74, 6) is 1.13. The molecule has 0 aromatic carbocycles. The van der Waals surface area contributed by atoms with Crippen LogP contribution < -0.4 is 10.9 Å². The molecule has 19 heavy (non-hydrogen) atoms. The summed E-state index contributed by atoms with van der Waals surface area (Å²) in [6.07, 6.45) is 1.97. The van der Waals surface area contributed by atoms with Gasteiger partial charge >= 0.3 is 0 Å². The van der Waals surface area contributed by atoms with Gasteiger partial charge in [0.25, 0.3) is 5.56 Å². The van der Waals surface area contributed by atoms with Crippen molar-refractivity contribution < 1.29 is 0 Å². The first-order valence-corrected chi connectivity index (χ1v) is 6.60. The lowest BCUT2D eigenvalue weighted by atomic mass is 10.1. The van der Waals surface area contributed by atoms with Crippen molar-refractivity contribution in [3.8, 4) is 0 Å². The van der Waals surface area contributed by atoms with E-state index in [4.69, 9.17) is 0 Å². The molecule has 1 aromatic rings. The van der Waals surface area contributed by atoms with Crippen molar-refractivity contribution in [2.45, 2.75) is 40.8 Å². The van der Waals surface area contributed by atoms with Crippen LogP contribution in [0.25, 0.3) is 6.08 Å². The number of nitrogens with one attached hydrogen (secondary N) is 1. The molecule has 0 fully saturated rings. The summed E-state index contributed by atoms with van der Waals surface area (Å²) >= 11 is 0. The normalized spacial score (nSPS) is 13.4. The summed E-state index contributed by atoms with van der Waals surface area (Å²) < 4.78 is 2.09. The lowest BCUT2D eigenvalue weighted by Crippen LogP contribution is -2.27. The van der Waals surface area contributed by atoms with Crippen LogP contribution in [0.4, 0.5) is 0 Å². The molecule has 1 N–H and O–H groups in total. The topological polar surface area (TPSA) is 46.9 Å². The fourth-order valence-corrected chi connectivity index (χ4v) is 2.16. The minimum atomic E-state index is -0.140. The van der Waals surface area contributed by atoms with Crippen LogP contribution in [0.5, 0.6) is 0 Å². The van der Waals surface area contributed by atoms with E-state index in [0.29, 0.717) is 12.5 Å². The highest BCUT2D eigenvalue weighted by Crippen LogP contribution is 2.18. The molecule has 2 heterocycles. The average Bonchev–Trinajstić information content (AvgIpc) is 2.69. The van der Waals surface area contributed by atoms with Gasteiger partial charge in [-0.1, -0.05) is 20.4 Å². The Morgan fingerprint density at radius 3 is 2.84 bits per heavy atom. The summed E-state index contributed by atoms with van der Waals surface area (Å²) in [6, 6.07) is 0. The van der Waals surface area contributed by atoms with Gasteiger partial charge < -0.3 is 9.88 Å². The zero-order valence-corrected chi connectivity index (χ0v) is 12.1. The predicted octanol–water partition coefficient (Wildman–Crippen LogP) is 2.23. The number of hydrogen-bond acceptors (Lipinski definition) is 3. The van der Waals surface area contributed by atoms with Crippen molar-refractivity contribution in [3.05, 3.63) is 45.3 Å². The molecular formula is C15H21N3O. The highest BCUT2D eigenvalue weighted by atomic mass is 16.1. The van der Waals surface area contributed by atoms with E-state index in [1.807, 2.05) is 13.0 Å². The van der Waals surface area contributed by atoms with Gasteiger partial charge in [-0.2, -0.15) is 4.98 Å². The maximum atomic E-state index is 12.1. The molecule has 0 bridgehead atoms. The molecule has 0 saturated carbocycles. The largest absolute Gasteiger partial charge is 0.384 e. The first-order valence-electron chi connectivity index (χ1n) is 6.60. The third kappa shape index (κ3) is 2.62. The summed E-state index contributed by atoms with van der Waals surface area (Å²) in [6.45, 7) is 13.5. The number of nitrogens with zero attached hydrogens (tertiary/aromatic N) is 2. The van der Waals surface area contributed by atoms with Crippen LogP contribution in [0.2, 0.25) is 0 Å². The monoisotopic (exact) mass is 259 g/mol. The molecule has 0 aliphatic carbocycles. The molecule has 0 atom stereocenters. The fraction of sp³-hybridized carbons (Fsp3) is 0.467.